The lowest BCUT2D eigenvalue weighted by atomic mass is 10.1. The van der Waals surface area contributed by atoms with E-state index in [-0.39, 0.29) is 23.8 Å². The number of carbonyl (C=O) groups is 2. The summed E-state index contributed by atoms with van der Waals surface area (Å²) in [6, 6.07) is 0. The Balaban J connectivity index is -0.000000173. The van der Waals surface area contributed by atoms with Crippen LogP contribution in [0.1, 0.15) is 117 Å². The summed E-state index contributed by atoms with van der Waals surface area (Å²) in [4.78, 5) is 20.0. The minimum Gasteiger partial charge on any atom is -0.550 e. The van der Waals surface area contributed by atoms with Crippen LogP contribution >= 0.6 is 0 Å². The van der Waals surface area contributed by atoms with Crippen LogP contribution < -0.4 is 10.2 Å². The zero-order valence-corrected chi connectivity index (χ0v) is 17.1. The Hall–Kier alpha value is -1.14. The third-order valence-corrected chi connectivity index (χ3v) is 3.97. The predicted molar refractivity (Wildman–Crippen MR) is 105 cm³/mol. The number of aliphatic carboxylic acids is 2. The predicted octanol–water partition coefficient (Wildman–Crippen LogP) is 1.91. The summed E-state index contributed by atoms with van der Waals surface area (Å²) in [5, 5.41) is 20.0. The number of rotatable bonds is 16. The number of carboxylic acid groups (broad SMARTS) is 2. The van der Waals surface area contributed by atoms with E-state index in [1.807, 2.05) is 0 Å². The molecule has 0 unspecified atom stereocenters. The van der Waals surface area contributed by atoms with Gasteiger partial charge in [-0.15, -0.1) is 0 Å². The van der Waals surface area contributed by atoms with Crippen LogP contribution in [-0.4, -0.2) is 11.9 Å². The summed E-state index contributed by atoms with van der Waals surface area (Å²) in [6.45, 7) is 4.38. The molecule has 6 nitrogen and oxygen atoms in total. The molecule has 6 heteroatoms. The highest BCUT2D eigenvalue weighted by Crippen LogP contribution is 2.08. The molecule has 0 amide bonds. The van der Waals surface area contributed by atoms with Crippen molar-refractivity contribution in [1.82, 2.24) is 0 Å². The van der Waals surface area contributed by atoms with E-state index in [1.54, 1.807) is 0 Å². The molecule has 0 saturated heterocycles. The monoisotopic (exact) mass is 380 g/mol. The highest BCUT2D eigenvalue weighted by molar-refractivity contribution is 5.64. The van der Waals surface area contributed by atoms with Gasteiger partial charge < -0.3 is 30.8 Å². The Labute approximate surface area is 160 Å². The van der Waals surface area contributed by atoms with Crippen molar-refractivity contribution in [1.29, 1.82) is 0 Å². The lowest BCUT2D eigenvalue weighted by molar-refractivity contribution is -0.307. The molecule has 0 aromatic carbocycles. The summed E-state index contributed by atoms with van der Waals surface area (Å²) >= 11 is 0. The Morgan fingerprint density at radius 3 is 0.962 bits per heavy atom. The van der Waals surface area contributed by atoms with Gasteiger partial charge in [0.1, 0.15) is 0 Å². The maximum absolute atomic E-state index is 10.0. The summed E-state index contributed by atoms with van der Waals surface area (Å²) in [7, 11) is 0. The number of carboxylic acids is 2. The van der Waals surface area contributed by atoms with E-state index in [1.165, 1.54) is 64.2 Å². The van der Waals surface area contributed by atoms with Gasteiger partial charge in [0.15, 0.2) is 0 Å². The second-order valence-electron chi connectivity index (χ2n) is 6.49. The van der Waals surface area contributed by atoms with Crippen LogP contribution in [0.5, 0.6) is 0 Å². The largest absolute Gasteiger partial charge is 0.550 e. The van der Waals surface area contributed by atoms with E-state index >= 15 is 0 Å². The van der Waals surface area contributed by atoms with Gasteiger partial charge in [-0.2, -0.15) is 0 Å². The number of hydrogen-bond donors (Lipinski definition) is 0. The maximum atomic E-state index is 10.0. The van der Waals surface area contributed by atoms with Crippen molar-refractivity contribution >= 4 is 11.9 Å². The first-order chi connectivity index (χ1) is 11.5. The standard InChI is InChI=1S/2C10H20O2.2H2O/c2*1-2-3-4-5-6-7-8-9-10(11)12;;/h2*2-9H2,1H3,(H,11,12);2*1H2. The molecule has 0 aromatic rings. The molecule has 0 heterocycles. The van der Waals surface area contributed by atoms with Gasteiger partial charge in [0, 0.05) is 11.9 Å². The molecule has 0 atom stereocenters. The molecule has 0 radical (unpaired) electrons. The number of unbranched alkanes of at least 4 members (excludes halogenated alkanes) is 12. The van der Waals surface area contributed by atoms with Crippen molar-refractivity contribution in [3.8, 4) is 0 Å². The van der Waals surface area contributed by atoms with Crippen LogP contribution in [0.2, 0.25) is 0 Å². The van der Waals surface area contributed by atoms with E-state index < -0.39 is 11.9 Å². The molecular weight excluding hydrogens is 336 g/mol. The first kappa shape index (κ1) is 32.5. The van der Waals surface area contributed by atoms with Crippen LogP contribution in [0.3, 0.4) is 0 Å². The van der Waals surface area contributed by atoms with Gasteiger partial charge in [-0.25, -0.2) is 0 Å². The third-order valence-electron chi connectivity index (χ3n) is 3.97. The van der Waals surface area contributed by atoms with Gasteiger partial charge in [0.2, 0.25) is 0 Å². The first-order valence-corrected chi connectivity index (χ1v) is 9.94. The van der Waals surface area contributed by atoms with Crippen LogP contribution in [0.4, 0.5) is 0 Å². The third kappa shape index (κ3) is 38.4. The highest BCUT2D eigenvalue weighted by atomic mass is 16.4. The molecular formula is C20H44O6. The van der Waals surface area contributed by atoms with Crippen molar-refractivity contribution in [2.45, 2.75) is 117 Å². The van der Waals surface area contributed by atoms with Gasteiger partial charge in [-0.05, 0) is 25.7 Å². The summed E-state index contributed by atoms with van der Waals surface area (Å²) in [5.74, 6) is -1.83. The first-order valence-electron chi connectivity index (χ1n) is 9.94. The van der Waals surface area contributed by atoms with E-state index in [9.17, 15) is 19.8 Å². The van der Waals surface area contributed by atoms with Gasteiger partial charge in [-0.3, -0.25) is 0 Å². The molecule has 0 bridgehead atoms. The molecule has 0 aliphatic carbocycles. The topological polar surface area (TPSA) is 146 Å². The molecule has 0 saturated carbocycles. The molecule has 0 spiro atoms. The minimum absolute atomic E-state index is 0. The van der Waals surface area contributed by atoms with Crippen molar-refractivity contribution in [2.75, 3.05) is 0 Å². The Bertz CT molecular complexity index is 253. The summed E-state index contributed by atoms with van der Waals surface area (Å²) < 4.78 is 0. The van der Waals surface area contributed by atoms with E-state index in [2.05, 4.69) is 13.8 Å². The lowest BCUT2D eigenvalue weighted by Gasteiger charge is -2.01. The molecule has 26 heavy (non-hydrogen) atoms. The van der Waals surface area contributed by atoms with Crippen LogP contribution in [0.25, 0.3) is 0 Å². The molecule has 0 aromatic heterocycles. The van der Waals surface area contributed by atoms with Gasteiger partial charge >= 0.3 is 0 Å². The molecule has 160 valence electrons. The molecule has 6 N–H and O–H groups in total. The van der Waals surface area contributed by atoms with Gasteiger partial charge in [-0.1, -0.05) is 90.9 Å². The van der Waals surface area contributed by atoms with E-state index in [0.717, 1.165) is 25.7 Å². The Kier molecular flexibility index (Phi) is 35.8. The highest BCUT2D eigenvalue weighted by Gasteiger charge is 1.91. The second-order valence-corrected chi connectivity index (χ2v) is 6.49. The van der Waals surface area contributed by atoms with E-state index in [0.29, 0.717) is 0 Å². The summed E-state index contributed by atoms with van der Waals surface area (Å²) in [5.41, 5.74) is 0. The number of hydrogen-bond acceptors (Lipinski definition) is 4. The van der Waals surface area contributed by atoms with Crippen LogP contribution in [0, 0.1) is 0 Å². The molecule has 0 rings (SSSR count). The fourth-order valence-corrected chi connectivity index (χ4v) is 2.45. The van der Waals surface area contributed by atoms with Crippen LogP contribution in [-0.2, 0) is 20.5 Å². The molecule has 0 fully saturated rings. The molecule has 0 aliphatic rings. The Morgan fingerprint density at radius 2 is 0.731 bits per heavy atom. The fourth-order valence-electron chi connectivity index (χ4n) is 2.45. The normalized spacial score (nSPS) is 9.31. The Morgan fingerprint density at radius 1 is 0.500 bits per heavy atom. The average Bonchev–Trinajstić information content (AvgIpc) is 2.53. The van der Waals surface area contributed by atoms with Gasteiger partial charge in [0.25, 0.3) is 0 Å². The number of carbonyl (C=O) groups excluding carboxylic acids is 2. The van der Waals surface area contributed by atoms with Crippen molar-refractivity contribution in [2.24, 2.45) is 0 Å². The summed E-state index contributed by atoms with van der Waals surface area (Å²) in [6.07, 6.45) is 16.7. The fraction of sp³-hybridized carbons (Fsp3) is 0.900. The van der Waals surface area contributed by atoms with Crippen molar-refractivity contribution < 1.29 is 30.8 Å². The minimum atomic E-state index is -0.913. The zero-order valence-electron chi connectivity index (χ0n) is 17.1. The quantitative estimate of drug-likeness (QED) is 0.297. The lowest BCUT2D eigenvalue weighted by Crippen LogP contribution is -2.21. The van der Waals surface area contributed by atoms with E-state index in [4.69, 9.17) is 0 Å². The zero-order chi connectivity index (χ0) is 18.5. The van der Waals surface area contributed by atoms with Gasteiger partial charge in [0.05, 0.1) is 0 Å². The van der Waals surface area contributed by atoms with Crippen LogP contribution in [0.15, 0.2) is 0 Å². The van der Waals surface area contributed by atoms with Crippen molar-refractivity contribution in [3.05, 3.63) is 0 Å². The smallest absolute Gasteiger partial charge is 0.0414 e. The molecule has 0 aliphatic heterocycles. The van der Waals surface area contributed by atoms with Crippen molar-refractivity contribution in [3.63, 3.8) is 0 Å². The average molecular weight is 381 g/mol. The maximum Gasteiger partial charge on any atom is 0.0414 e. The SMILES string of the molecule is CCCCCCCCCC(=O)[O-].CCCCCCCCCC(=O)[O-].[OH3+].[OH3+]. The second kappa shape index (κ2) is 28.7.